The Morgan fingerprint density at radius 2 is 1.50 bits per heavy atom. The van der Waals surface area contributed by atoms with Crippen molar-refractivity contribution in [3.63, 3.8) is 0 Å². The monoisotopic (exact) mass is 211 g/mol. The first-order valence-electron chi connectivity index (χ1n) is 5.82. The molecule has 1 heteroatoms. The summed E-state index contributed by atoms with van der Waals surface area (Å²) in [5, 5.41) is 2.63. The summed E-state index contributed by atoms with van der Waals surface area (Å²) in [6.45, 7) is 6.13. The van der Waals surface area contributed by atoms with Crippen LogP contribution in [0.5, 0.6) is 0 Å². The molecular formula is C15H17N. The molecule has 1 aromatic heterocycles. The van der Waals surface area contributed by atoms with Crippen molar-refractivity contribution in [2.75, 3.05) is 0 Å². The summed E-state index contributed by atoms with van der Waals surface area (Å²) >= 11 is 0. The molecule has 0 saturated carbocycles. The minimum absolute atomic E-state index is 1.22. The SMILES string of the molecule is CC.Cc1ccc2[nH]c3ccccc3c2c1. The largest absolute Gasteiger partial charge is 0.355 e. The van der Waals surface area contributed by atoms with E-state index in [1.54, 1.807) is 0 Å². The van der Waals surface area contributed by atoms with Crippen LogP contribution in [0.2, 0.25) is 0 Å². The van der Waals surface area contributed by atoms with Gasteiger partial charge in [-0.1, -0.05) is 43.7 Å². The minimum atomic E-state index is 1.22. The van der Waals surface area contributed by atoms with Gasteiger partial charge < -0.3 is 4.98 Å². The van der Waals surface area contributed by atoms with Crippen LogP contribution in [0.3, 0.4) is 0 Å². The Kier molecular flexibility index (Phi) is 2.95. The summed E-state index contributed by atoms with van der Waals surface area (Å²) in [5.74, 6) is 0. The van der Waals surface area contributed by atoms with E-state index >= 15 is 0 Å². The molecule has 0 aliphatic carbocycles. The van der Waals surface area contributed by atoms with Gasteiger partial charge in [0.1, 0.15) is 0 Å². The van der Waals surface area contributed by atoms with Gasteiger partial charge in [-0.05, 0) is 25.1 Å². The standard InChI is InChI=1S/C13H11N.C2H6/c1-9-6-7-13-11(8-9)10-4-2-3-5-12(10)14-13;1-2/h2-8,14H,1H3;1-2H3. The van der Waals surface area contributed by atoms with Crippen LogP contribution in [0.15, 0.2) is 42.5 Å². The first-order valence-corrected chi connectivity index (χ1v) is 5.82. The number of aromatic amines is 1. The van der Waals surface area contributed by atoms with E-state index < -0.39 is 0 Å². The normalized spacial score (nSPS) is 10.2. The Balaban J connectivity index is 0.000000457. The first kappa shape index (κ1) is 10.7. The number of hydrogen-bond donors (Lipinski definition) is 1. The highest BCUT2D eigenvalue weighted by molar-refractivity contribution is 6.07. The number of nitrogens with one attached hydrogen (secondary N) is 1. The third-order valence-electron chi connectivity index (χ3n) is 2.66. The summed E-state index contributed by atoms with van der Waals surface area (Å²) in [6.07, 6.45) is 0. The van der Waals surface area contributed by atoms with Crippen molar-refractivity contribution in [3.8, 4) is 0 Å². The lowest BCUT2D eigenvalue weighted by Crippen LogP contribution is -1.70. The Morgan fingerprint density at radius 1 is 0.812 bits per heavy atom. The molecule has 0 radical (unpaired) electrons. The molecule has 0 saturated heterocycles. The van der Waals surface area contributed by atoms with Gasteiger partial charge in [0.05, 0.1) is 0 Å². The number of rotatable bonds is 0. The fraction of sp³-hybridized carbons (Fsp3) is 0.200. The number of para-hydroxylation sites is 1. The van der Waals surface area contributed by atoms with Gasteiger partial charge >= 0.3 is 0 Å². The molecule has 0 aliphatic heterocycles. The molecule has 1 heterocycles. The lowest BCUT2D eigenvalue weighted by Gasteiger charge is -1.92. The highest BCUT2D eigenvalue weighted by Gasteiger charge is 2.01. The average Bonchev–Trinajstić information content (AvgIpc) is 2.70. The Bertz CT molecular complexity index is 605. The zero-order chi connectivity index (χ0) is 11.5. The summed E-state index contributed by atoms with van der Waals surface area (Å²) in [7, 11) is 0. The zero-order valence-electron chi connectivity index (χ0n) is 10.0. The molecule has 1 nitrogen and oxygen atoms in total. The molecule has 3 rings (SSSR count). The summed E-state index contributed by atoms with van der Waals surface area (Å²) in [6, 6.07) is 14.9. The first-order chi connectivity index (χ1) is 7.84. The van der Waals surface area contributed by atoms with Crippen molar-refractivity contribution in [3.05, 3.63) is 48.0 Å². The second-order valence-corrected chi connectivity index (χ2v) is 3.72. The number of fused-ring (bicyclic) bond motifs is 3. The van der Waals surface area contributed by atoms with E-state index in [9.17, 15) is 0 Å². The van der Waals surface area contributed by atoms with Crippen LogP contribution < -0.4 is 0 Å². The summed E-state index contributed by atoms with van der Waals surface area (Å²) in [4.78, 5) is 3.41. The Labute approximate surface area is 96.1 Å². The van der Waals surface area contributed by atoms with E-state index in [2.05, 4.69) is 54.4 Å². The van der Waals surface area contributed by atoms with Gasteiger partial charge in [-0.2, -0.15) is 0 Å². The minimum Gasteiger partial charge on any atom is -0.355 e. The Hall–Kier alpha value is -1.76. The number of aromatic nitrogens is 1. The molecule has 0 bridgehead atoms. The van der Waals surface area contributed by atoms with E-state index in [1.807, 2.05) is 13.8 Å². The highest BCUT2D eigenvalue weighted by atomic mass is 14.7. The van der Waals surface area contributed by atoms with Gasteiger partial charge in [-0.25, -0.2) is 0 Å². The topological polar surface area (TPSA) is 15.8 Å². The smallest absolute Gasteiger partial charge is 0.0465 e. The van der Waals surface area contributed by atoms with E-state index in [1.165, 1.54) is 27.4 Å². The predicted octanol–water partition coefficient (Wildman–Crippen LogP) is 4.66. The third kappa shape index (κ3) is 1.69. The van der Waals surface area contributed by atoms with Gasteiger partial charge in [0.15, 0.2) is 0 Å². The van der Waals surface area contributed by atoms with Gasteiger partial charge in [0.25, 0.3) is 0 Å². The number of hydrogen-bond acceptors (Lipinski definition) is 0. The maximum Gasteiger partial charge on any atom is 0.0465 e. The summed E-state index contributed by atoms with van der Waals surface area (Å²) in [5.41, 5.74) is 3.74. The van der Waals surface area contributed by atoms with E-state index in [4.69, 9.17) is 0 Å². The molecule has 0 amide bonds. The second kappa shape index (κ2) is 4.40. The molecule has 3 aromatic rings. The van der Waals surface area contributed by atoms with Crippen LogP contribution in [-0.2, 0) is 0 Å². The molecule has 0 aliphatic rings. The lowest BCUT2D eigenvalue weighted by molar-refractivity contribution is 1.49. The van der Waals surface area contributed by atoms with Gasteiger partial charge in [0, 0.05) is 21.8 Å². The van der Waals surface area contributed by atoms with E-state index in [0.29, 0.717) is 0 Å². The van der Waals surface area contributed by atoms with Gasteiger partial charge in [-0.15, -0.1) is 0 Å². The molecule has 82 valence electrons. The van der Waals surface area contributed by atoms with Crippen molar-refractivity contribution < 1.29 is 0 Å². The molecular weight excluding hydrogens is 194 g/mol. The second-order valence-electron chi connectivity index (χ2n) is 3.72. The average molecular weight is 211 g/mol. The van der Waals surface area contributed by atoms with Crippen molar-refractivity contribution in [1.82, 2.24) is 4.98 Å². The fourth-order valence-corrected chi connectivity index (χ4v) is 1.96. The Morgan fingerprint density at radius 3 is 2.31 bits per heavy atom. The molecule has 0 unspecified atom stereocenters. The van der Waals surface area contributed by atoms with Crippen molar-refractivity contribution >= 4 is 21.8 Å². The van der Waals surface area contributed by atoms with Crippen molar-refractivity contribution in [2.45, 2.75) is 20.8 Å². The van der Waals surface area contributed by atoms with Crippen LogP contribution in [0.4, 0.5) is 0 Å². The van der Waals surface area contributed by atoms with Crippen LogP contribution in [0.25, 0.3) is 21.8 Å². The molecule has 0 atom stereocenters. The van der Waals surface area contributed by atoms with Crippen LogP contribution >= 0.6 is 0 Å². The molecule has 0 spiro atoms. The predicted molar refractivity (Wildman–Crippen MR) is 71.9 cm³/mol. The fourth-order valence-electron chi connectivity index (χ4n) is 1.96. The number of H-pyrrole nitrogens is 1. The molecule has 16 heavy (non-hydrogen) atoms. The number of aryl methyl sites for hydroxylation is 1. The van der Waals surface area contributed by atoms with Crippen molar-refractivity contribution in [1.29, 1.82) is 0 Å². The lowest BCUT2D eigenvalue weighted by atomic mass is 10.1. The highest BCUT2D eigenvalue weighted by Crippen LogP contribution is 2.25. The molecule has 2 aromatic carbocycles. The number of benzene rings is 2. The van der Waals surface area contributed by atoms with Crippen molar-refractivity contribution in [2.24, 2.45) is 0 Å². The summed E-state index contributed by atoms with van der Waals surface area (Å²) < 4.78 is 0. The van der Waals surface area contributed by atoms with Crippen LogP contribution in [0, 0.1) is 6.92 Å². The molecule has 0 fully saturated rings. The van der Waals surface area contributed by atoms with E-state index in [-0.39, 0.29) is 0 Å². The molecule has 1 N–H and O–H groups in total. The zero-order valence-corrected chi connectivity index (χ0v) is 10.0. The quantitative estimate of drug-likeness (QED) is 0.557. The van der Waals surface area contributed by atoms with Gasteiger partial charge in [-0.3, -0.25) is 0 Å². The maximum atomic E-state index is 3.41. The van der Waals surface area contributed by atoms with Crippen LogP contribution in [-0.4, -0.2) is 4.98 Å². The maximum absolute atomic E-state index is 3.41. The van der Waals surface area contributed by atoms with E-state index in [0.717, 1.165) is 0 Å². The van der Waals surface area contributed by atoms with Crippen LogP contribution in [0.1, 0.15) is 19.4 Å². The third-order valence-corrected chi connectivity index (χ3v) is 2.66. The van der Waals surface area contributed by atoms with Gasteiger partial charge in [0.2, 0.25) is 0 Å².